The number of aromatic amines is 1. The number of rotatable bonds is 5. The number of nitrogens with one attached hydrogen (secondary N) is 2. The number of fused-ring (bicyclic) bond motifs is 1. The monoisotopic (exact) mass is 367 g/mol. The number of para-hydroxylation sites is 1. The molecule has 4 nitrogen and oxygen atoms in total. The number of H-pyrrole nitrogens is 1. The first-order valence-electron chi connectivity index (χ1n) is 10.8. The highest BCUT2D eigenvalue weighted by atomic mass is 16.1. The Morgan fingerprint density at radius 1 is 1.11 bits per heavy atom. The maximum Gasteiger partial charge on any atom is 0.223 e. The van der Waals surface area contributed by atoms with E-state index >= 15 is 0 Å². The average molecular weight is 368 g/mol. The van der Waals surface area contributed by atoms with E-state index in [1.165, 1.54) is 41.4 Å². The summed E-state index contributed by atoms with van der Waals surface area (Å²) < 4.78 is 0. The van der Waals surface area contributed by atoms with Crippen LogP contribution in [0, 0.1) is 12.8 Å². The van der Waals surface area contributed by atoms with Gasteiger partial charge in [0.1, 0.15) is 0 Å². The smallest absolute Gasteiger partial charge is 0.223 e. The molecule has 2 aromatic rings. The van der Waals surface area contributed by atoms with Crippen LogP contribution >= 0.6 is 0 Å². The van der Waals surface area contributed by atoms with Crippen molar-refractivity contribution in [2.75, 3.05) is 19.6 Å². The first-order chi connectivity index (χ1) is 13.2. The SMILES string of the molecule is Cc1[nH]c2ccccc2c1CCN1CCC(NC(=O)C2CCCCC2)CC1. The molecule has 1 aliphatic carbocycles. The summed E-state index contributed by atoms with van der Waals surface area (Å²) in [5, 5.41) is 4.71. The average Bonchev–Trinajstić information content (AvgIpc) is 3.03. The highest BCUT2D eigenvalue weighted by Crippen LogP contribution is 2.25. The van der Waals surface area contributed by atoms with Crippen LogP contribution in [0.25, 0.3) is 10.9 Å². The molecule has 1 aromatic heterocycles. The highest BCUT2D eigenvalue weighted by molar-refractivity contribution is 5.84. The normalized spacial score (nSPS) is 20.2. The van der Waals surface area contributed by atoms with Crippen molar-refractivity contribution >= 4 is 16.8 Å². The standard InChI is InChI=1S/C23H33N3O/c1-17-20(21-9-5-6-10-22(21)24-17)13-16-26-14-11-19(12-15-26)25-23(27)18-7-3-2-4-8-18/h5-6,9-10,18-19,24H,2-4,7-8,11-16H2,1H3,(H,25,27). The summed E-state index contributed by atoms with van der Waals surface area (Å²) in [6.45, 7) is 5.47. The summed E-state index contributed by atoms with van der Waals surface area (Å²) in [7, 11) is 0. The first-order valence-corrected chi connectivity index (χ1v) is 10.8. The second-order valence-electron chi connectivity index (χ2n) is 8.48. The Bertz CT molecular complexity index is 767. The summed E-state index contributed by atoms with van der Waals surface area (Å²) in [5.74, 6) is 0.601. The van der Waals surface area contributed by atoms with Gasteiger partial charge in [-0.1, -0.05) is 37.5 Å². The fourth-order valence-electron chi connectivity index (χ4n) is 4.91. The molecule has 2 fully saturated rings. The van der Waals surface area contributed by atoms with Gasteiger partial charge in [0, 0.05) is 48.2 Å². The largest absolute Gasteiger partial charge is 0.358 e. The molecule has 1 saturated heterocycles. The molecular weight excluding hydrogens is 334 g/mol. The molecule has 1 aliphatic heterocycles. The minimum atomic E-state index is 0.279. The van der Waals surface area contributed by atoms with Crippen molar-refractivity contribution in [3.05, 3.63) is 35.5 Å². The predicted molar refractivity (Wildman–Crippen MR) is 111 cm³/mol. The van der Waals surface area contributed by atoms with Crippen molar-refractivity contribution < 1.29 is 4.79 Å². The molecule has 0 spiro atoms. The molecule has 146 valence electrons. The van der Waals surface area contributed by atoms with E-state index in [-0.39, 0.29) is 5.92 Å². The number of piperidine rings is 1. The fourth-order valence-corrected chi connectivity index (χ4v) is 4.91. The van der Waals surface area contributed by atoms with Gasteiger partial charge in [-0.25, -0.2) is 0 Å². The van der Waals surface area contributed by atoms with Gasteiger partial charge in [-0.3, -0.25) is 4.79 Å². The minimum absolute atomic E-state index is 0.279. The Morgan fingerprint density at radius 2 is 1.85 bits per heavy atom. The van der Waals surface area contributed by atoms with Crippen LogP contribution in [0.1, 0.15) is 56.2 Å². The van der Waals surface area contributed by atoms with Crippen molar-refractivity contribution in [2.45, 2.75) is 64.3 Å². The molecule has 0 atom stereocenters. The molecule has 4 heteroatoms. The molecule has 2 N–H and O–H groups in total. The Hall–Kier alpha value is -1.81. The number of likely N-dealkylation sites (tertiary alicyclic amines) is 1. The second kappa shape index (κ2) is 8.47. The molecule has 0 radical (unpaired) electrons. The third-order valence-electron chi connectivity index (χ3n) is 6.61. The highest BCUT2D eigenvalue weighted by Gasteiger charge is 2.25. The first kappa shape index (κ1) is 18.5. The number of carbonyl (C=O) groups excluding carboxylic acids is 1. The lowest BCUT2D eigenvalue weighted by Gasteiger charge is -2.33. The zero-order valence-electron chi connectivity index (χ0n) is 16.6. The third kappa shape index (κ3) is 4.37. The number of benzene rings is 1. The lowest BCUT2D eigenvalue weighted by atomic mass is 9.88. The van der Waals surface area contributed by atoms with Crippen LogP contribution in [0.3, 0.4) is 0 Å². The minimum Gasteiger partial charge on any atom is -0.358 e. The molecule has 0 unspecified atom stereocenters. The van der Waals surface area contributed by atoms with Crippen molar-refractivity contribution in [2.24, 2.45) is 5.92 Å². The number of hydrogen-bond donors (Lipinski definition) is 2. The number of nitrogens with zero attached hydrogens (tertiary/aromatic N) is 1. The van der Waals surface area contributed by atoms with Gasteiger partial charge in [0.2, 0.25) is 5.91 Å². The van der Waals surface area contributed by atoms with E-state index in [0.29, 0.717) is 11.9 Å². The molecule has 27 heavy (non-hydrogen) atoms. The summed E-state index contributed by atoms with van der Waals surface area (Å²) in [5.41, 5.74) is 4.00. The van der Waals surface area contributed by atoms with Gasteiger partial charge < -0.3 is 15.2 Å². The van der Waals surface area contributed by atoms with E-state index in [1.807, 2.05) is 0 Å². The van der Waals surface area contributed by atoms with Crippen LogP contribution in [0.5, 0.6) is 0 Å². The van der Waals surface area contributed by atoms with Crippen LogP contribution in [0.15, 0.2) is 24.3 Å². The van der Waals surface area contributed by atoms with Gasteiger partial charge in [0.05, 0.1) is 0 Å². The Morgan fingerprint density at radius 3 is 2.63 bits per heavy atom. The number of amides is 1. The molecule has 1 aromatic carbocycles. The lowest BCUT2D eigenvalue weighted by Crippen LogP contribution is -2.46. The predicted octanol–water partition coefficient (Wildman–Crippen LogP) is 4.18. The van der Waals surface area contributed by atoms with Gasteiger partial charge in [-0.2, -0.15) is 0 Å². The summed E-state index contributed by atoms with van der Waals surface area (Å²) >= 11 is 0. The summed E-state index contributed by atoms with van der Waals surface area (Å²) in [4.78, 5) is 18.5. The second-order valence-corrected chi connectivity index (χ2v) is 8.48. The van der Waals surface area contributed by atoms with Crippen LogP contribution in [-0.2, 0) is 11.2 Å². The quantitative estimate of drug-likeness (QED) is 0.833. The van der Waals surface area contributed by atoms with E-state index in [2.05, 4.69) is 46.4 Å². The van der Waals surface area contributed by atoms with E-state index in [0.717, 1.165) is 51.7 Å². The van der Waals surface area contributed by atoms with E-state index in [1.54, 1.807) is 0 Å². The molecule has 2 heterocycles. The molecule has 2 aliphatic rings. The lowest BCUT2D eigenvalue weighted by molar-refractivity contribution is -0.127. The van der Waals surface area contributed by atoms with E-state index < -0.39 is 0 Å². The van der Waals surface area contributed by atoms with Gasteiger partial charge in [0.25, 0.3) is 0 Å². The topological polar surface area (TPSA) is 48.1 Å². The molecular formula is C23H33N3O. The number of aromatic nitrogens is 1. The van der Waals surface area contributed by atoms with Gasteiger partial charge in [-0.15, -0.1) is 0 Å². The molecule has 1 amide bonds. The molecule has 1 saturated carbocycles. The Kier molecular flexibility index (Phi) is 5.82. The molecule has 0 bridgehead atoms. The Labute approximate surface area is 162 Å². The van der Waals surface area contributed by atoms with Crippen LogP contribution < -0.4 is 5.32 Å². The van der Waals surface area contributed by atoms with Crippen molar-refractivity contribution in [3.63, 3.8) is 0 Å². The maximum absolute atomic E-state index is 12.5. The fraction of sp³-hybridized carbons (Fsp3) is 0.609. The Balaban J connectivity index is 1.24. The van der Waals surface area contributed by atoms with Gasteiger partial charge in [0.15, 0.2) is 0 Å². The molecule has 4 rings (SSSR count). The summed E-state index contributed by atoms with van der Waals surface area (Å²) in [6.07, 6.45) is 9.21. The maximum atomic E-state index is 12.5. The zero-order chi connectivity index (χ0) is 18.6. The van der Waals surface area contributed by atoms with Crippen molar-refractivity contribution in [1.29, 1.82) is 0 Å². The number of carbonyl (C=O) groups is 1. The van der Waals surface area contributed by atoms with E-state index in [4.69, 9.17) is 0 Å². The third-order valence-corrected chi connectivity index (χ3v) is 6.61. The van der Waals surface area contributed by atoms with Crippen molar-refractivity contribution in [1.82, 2.24) is 15.2 Å². The zero-order valence-corrected chi connectivity index (χ0v) is 16.6. The van der Waals surface area contributed by atoms with Crippen LogP contribution in [0.4, 0.5) is 0 Å². The van der Waals surface area contributed by atoms with Crippen molar-refractivity contribution in [3.8, 4) is 0 Å². The van der Waals surface area contributed by atoms with Gasteiger partial charge in [-0.05, 0) is 50.7 Å². The number of aryl methyl sites for hydroxylation is 1. The van der Waals surface area contributed by atoms with Crippen LogP contribution in [0.2, 0.25) is 0 Å². The summed E-state index contributed by atoms with van der Waals surface area (Å²) in [6, 6.07) is 8.98. The van der Waals surface area contributed by atoms with Crippen LogP contribution in [-0.4, -0.2) is 41.5 Å². The van der Waals surface area contributed by atoms with E-state index in [9.17, 15) is 4.79 Å². The van der Waals surface area contributed by atoms with Gasteiger partial charge >= 0.3 is 0 Å². The number of hydrogen-bond acceptors (Lipinski definition) is 2.